The second-order valence-electron chi connectivity index (χ2n) is 5.53. The van der Waals surface area contributed by atoms with E-state index in [0.29, 0.717) is 29.6 Å². The van der Waals surface area contributed by atoms with E-state index >= 15 is 0 Å². The Morgan fingerprint density at radius 3 is 2.56 bits per heavy atom. The molecule has 2 rings (SSSR count). The highest BCUT2D eigenvalue weighted by Gasteiger charge is 2.33. The molecule has 1 aromatic carbocycles. The summed E-state index contributed by atoms with van der Waals surface area (Å²) < 4.78 is 12.4. The van der Waals surface area contributed by atoms with Crippen LogP contribution in [0.3, 0.4) is 0 Å². The van der Waals surface area contributed by atoms with Gasteiger partial charge in [-0.3, -0.25) is 14.5 Å². The van der Waals surface area contributed by atoms with E-state index in [9.17, 15) is 9.59 Å². The molecule has 1 aliphatic rings. The van der Waals surface area contributed by atoms with Crippen molar-refractivity contribution < 1.29 is 19.1 Å². The Labute approximate surface area is 160 Å². The number of thioether (sulfide) groups is 1. The van der Waals surface area contributed by atoms with E-state index in [1.165, 1.54) is 4.90 Å². The molecule has 5 nitrogen and oxygen atoms in total. The van der Waals surface area contributed by atoms with Gasteiger partial charge in [0.25, 0.3) is 11.1 Å². The third-order valence-corrected chi connectivity index (χ3v) is 5.21. The maximum Gasteiger partial charge on any atom is 0.293 e. The second kappa shape index (κ2) is 8.76. The maximum absolute atomic E-state index is 12.2. The number of benzene rings is 1. The van der Waals surface area contributed by atoms with Crippen LogP contribution in [0.5, 0.6) is 11.5 Å². The molecule has 7 heteroatoms. The van der Waals surface area contributed by atoms with Gasteiger partial charge in [-0.25, -0.2) is 0 Å². The van der Waals surface area contributed by atoms with Crippen LogP contribution in [0.1, 0.15) is 39.7 Å². The second-order valence-corrected chi connectivity index (χ2v) is 7.37. The van der Waals surface area contributed by atoms with Crippen LogP contribution in [-0.4, -0.2) is 35.3 Å². The standard InChI is InChI=1S/C18H22BrNO4S/c1-5-11(4)24-16-13(19)8-12(9-14(16)23-7-3)10-15-17(21)20(6-2)18(22)25-15/h8-11H,5-7H2,1-4H3/b15-10+/t11-/m0/s1. The highest BCUT2D eigenvalue weighted by atomic mass is 79.9. The SMILES string of the molecule is CCOc1cc(/C=C2/SC(=O)N(CC)C2=O)cc(Br)c1O[C@@H](C)CC. The van der Waals surface area contributed by atoms with Crippen molar-refractivity contribution in [1.29, 1.82) is 0 Å². The zero-order valence-corrected chi connectivity index (χ0v) is 17.2. The first-order chi connectivity index (χ1) is 11.9. The Hall–Kier alpha value is -1.47. The van der Waals surface area contributed by atoms with Gasteiger partial charge in [-0.1, -0.05) is 6.92 Å². The van der Waals surface area contributed by atoms with Crippen LogP contribution in [0.4, 0.5) is 4.79 Å². The summed E-state index contributed by atoms with van der Waals surface area (Å²) in [5.74, 6) is 1.000. The number of hydrogen-bond acceptors (Lipinski definition) is 5. The number of halogens is 1. The van der Waals surface area contributed by atoms with Gasteiger partial charge >= 0.3 is 0 Å². The number of carbonyl (C=O) groups is 2. The summed E-state index contributed by atoms with van der Waals surface area (Å²) in [6.07, 6.45) is 2.65. The van der Waals surface area contributed by atoms with E-state index in [1.807, 2.05) is 26.0 Å². The molecule has 1 fully saturated rings. The van der Waals surface area contributed by atoms with Crippen molar-refractivity contribution in [2.75, 3.05) is 13.2 Å². The van der Waals surface area contributed by atoms with Crippen LogP contribution in [0.25, 0.3) is 6.08 Å². The van der Waals surface area contributed by atoms with Crippen LogP contribution >= 0.6 is 27.7 Å². The Morgan fingerprint density at radius 1 is 1.28 bits per heavy atom. The maximum atomic E-state index is 12.2. The van der Waals surface area contributed by atoms with Crippen molar-refractivity contribution in [2.24, 2.45) is 0 Å². The predicted octanol–water partition coefficient (Wildman–Crippen LogP) is 5.08. The highest BCUT2D eigenvalue weighted by Crippen LogP contribution is 2.40. The number of ether oxygens (including phenoxy) is 2. The first-order valence-corrected chi connectivity index (χ1v) is 9.90. The molecule has 2 amide bonds. The number of hydrogen-bond donors (Lipinski definition) is 0. The first-order valence-electron chi connectivity index (χ1n) is 8.29. The van der Waals surface area contributed by atoms with Gasteiger partial charge in [0, 0.05) is 6.54 Å². The highest BCUT2D eigenvalue weighted by molar-refractivity contribution is 9.10. The fourth-order valence-corrected chi connectivity index (χ4v) is 3.71. The van der Waals surface area contributed by atoms with Gasteiger partial charge in [-0.2, -0.15) is 0 Å². The monoisotopic (exact) mass is 427 g/mol. The lowest BCUT2D eigenvalue weighted by atomic mass is 10.1. The Bertz CT molecular complexity index is 705. The summed E-state index contributed by atoms with van der Waals surface area (Å²) in [6, 6.07) is 3.69. The molecule has 1 aliphatic heterocycles. The van der Waals surface area contributed by atoms with E-state index in [0.717, 1.165) is 28.2 Å². The summed E-state index contributed by atoms with van der Waals surface area (Å²) in [4.78, 5) is 25.7. The van der Waals surface area contributed by atoms with E-state index in [-0.39, 0.29) is 17.3 Å². The number of amides is 2. The van der Waals surface area contributed by atoms with Crippen molar-refractivity contribution in [2.45, 2.75) is 40.2 Å². The molecule has 0 saturated carbocycles. The fourth-order valence-electron chi connectivity index (χ4n) is 2.26. The van der Waals surface area contributed by atoms with Crippen molar-refractivity contribution in [1.82, 2.24) is 4.90 Å². The topological polar surface area (TPSA) is 55.8 Å². The normalized spacial score (nSPS) is 17.3. The first kappa shape index (κ1) is 19.8. The molecule has 0 N–H and O–H groups in total. The third kappa shape index (κ3) is 4.58. The lowest BCUT2D eigenvalue weighted by Crippen LogP contribution is -2.27. The quantitative estimate of drug-likeness (QED) is 0.567. The Morgan fingerprint density at radius 2 is 2.00 bits per heavy atom. The minimum atomic E-state index is -0.258. The molecule has 0 unspecified atom stereocenters. The van der Waals surface area contributed by atoms with Gasteiger partial charge in [0.05, 0.1) is 22.1 Å². The molecular weight excluding hydrogens is 406 g/mol. The predicted molar refractivity (Wildman–Crippen MR) is 104 cm³/mol. The molecule has 0 bridgehead atoms. The molecule has 0 radical (unpaired) electrons. The van der Waals surface area contributed by atoms with Crippen LogP contribution < -0.4 is 9.47 Å². The molecule has 136 valence electrons. The zero-order valence-electron chi connectivity index (χ0n) is 14.8. The van der Waals surface area contributed by atoms with E-state index in [1.54, 1.807) is 13.0 Å². The molecule has 0 spiro atoms. The summed E-state index contributed by atoms with van der Waals surface area (Å²) in [5.41, 5.74) is 0.772. The van der Waals surface area contributed by atoms with Gasteiger partial charge < -0.3 is 9.47 Å². The number of carbonyl (C=O) groups excluding carboxylic acids is 2. The number of nitrogens with zero attached hydrogens (tertiary/aromatic N) is 1. The minimum absolute atomic E-state index is 0.0578. The van der Waals surface area contributed by atoms with Crippen molar-refractivity contribution in [3.05, 3.63) is 27.1 Å². The fraction of sp³-hybridized carbons (Fsp3) is 0.444. The molecule has 1 atom stereocenters. The van der Waals surface area contributed by atoms with Crippen molar-refractivity contribution in [3.63, 3.8) is 0 Å². The van der Waals surface area contributed by atoms with Gasteiger partial charge in [0.15, 0.2) is 11.5 Å². The average Bonchev–Trinajstić information content (AvgIpc) is 2.84. The molecule has 0 aromatic heterocycles. The molecule has 25 heavy (non-hydrogen) atoms. The van der Waals surface area contributed by atoms with Gasteiger partial charge in [0.1, 0.15) is 0 Å². The number of likely N-dealkylation sites (N-methyl/N-ethyl adjacent to an activating group) is 1. The minimum Gasteiger partial charge on any atom is -0.490 e. The van der Waals surface area contributed by atoms with E-state index < -0.39 is 0 Å². The smallest absolute Gasteiger partial charge is 0.293 e. The van der Waals surface area contributed by atoms with Gasteiger partial charge in [-0.15, -0.1) is 0 Å². The van der Waals surface area contributed by atoms with Crippen LogP contribution in [0.2, 0.25) is 0 Å². The van der Waals surface area contributed by atoms with E-state index in [2.05, 4.69) is 22.9 Å². The summed E-state index contributed by atoms with van der Waals surface area (Å²) in [6.45, 7) is 8.61. The van der Waals surface area contributed by atoms with E-state index in [4.69, 9.17) is 9.47 Å². The largest absolute Gasteiger partial charge is 0.490 e. The Balaban J connectivity index is 2.38. The van der Waals surface area contributed by atoms with Crippen molar-refractivity contribution in [3.8, 4) is 11.5 Å². The summed E-state index contributed by atoms with van der Waals surface area (Å²) in [5, 5.41) is -0.237. The molecular formula is C18H22BrNO4S. The lowest BCUT2D eigenvalue weighted by Gasteiger charge is -2.18. The number of rotatable bonds is 7. The molecule has 1 heterocycles. The average molecular weight is 428 g/mol. The zero-order chi connectivity index (χ0) is 18.6. The van der Waals surface area contributed by atoms with Crippen molar-refractivity contribution >= 4 is 44.9 Å². The Kier molecular flexibility index (Phi) is 6.95. The molecule has 1 aromatic rings. The lowest BCUT2D eigenvalue weighted by molar-refractivity contribution is -0.122. The summed E-state index contributed by atoms with van der Waals surface area (Å²) >= 11 is 4.48. The van der Waals surface area contributed by atoms with Crippen LogP contribution in [0.15, 0.2) is 21.5 Å². The van der Waals surface area contributed by atoms with Crippen LogP contribution in [-0.2, 0) is 4.79 Å². The number of imide groups is 1. The third-order valence-electron chi connectivity index (χ3n) is 3.71. The van der Waals surface area contributed by atoms with Gasteiger partial charge in [-0.05, 0) is 78.7 Å². The molecule has 1 saturated heterocycles. The molecule has 0 aliphatic carbocycles. The van der Waals surface area contributed by atoms with Gasteiger partial charge in [0.2, 0.25) is 0 Å². The summed E-state index contributed by atoms with van der Waals surface area (Å²) in [7, 11) is 0. The van der Waals surface area contributed by atoms with Crippen LogP contribution in [0, 0.1) is 0 Å².